The van der Waals surface area contributed by atoms with Crippen LogP contribution in [0.5, 0.6) is 11.5 Å². The summed E-state index contributed by atoms with van der Waals surface area (Å²) in [7, 11) is 0. The summed E-state index contributed by atoms with van der Waals surface area (Å²) < 4.78 is 10.9. The van der Waals surface area contributed by atoms with Crippen LogP contribution in [-0.2, 0) is 0 Å². The highest BCUT2D eigenvalue weighted by atomic mass is 35.5. The fourth-order valence-electron chi connectivity index (χ4n) is 4.43. The van der Waals surface area contributed by atoms with E-state index in [2.05, 4.69) is 0 Å². The van der Waals surface area contributed by atoms with Crippen LogP contribution < -0.4 is 9.47 Å². The number of amides is 1. The first-order valence-electron chi connectivity index (χ1n) is 9.14. The summed E-state index contributed by atoms with van der Waals surface area (Å²) in [5, 5.41) is 11.2. The molecule has 2 aromatic rings. The predicted molar refractivity (Wildman–Crippen MR) is 102 cm³/mol. The Labute approximate surface area is 170 Å². The fourth-order valence-corrected chi connectivity index (χ4v) is 4.55. The van der Waals surface area contributed by atoms with Crippen LogP contribution in [0.2, 0.25) is 0 Å². The van der Waals surface area contributed by atoms with Gasteiger partial charge >= 0.3 is 0 Å². The molecule has 2 atom stereocenters. The largest absolute Gasteiger partial charge is 0.454 e. The number of hydrogen-bond acceptors (Lipinski definition) is 6. The second kappa shape index (κ2) is 6.45. The van der Waals surface area contributed by atoms with Crippen molar-refractivity contribution in [3.05, 3.63) is 62.7 Å². The smallest absolute Gasteiger partial charge is 0.270 e. The van der Waals surface area contributed by atoms with Crippen molar-refractivity contribution in [1.29, 1.82) is 0 Å². The first-order chi connectivity index (χ1) is 14.0. The normalized spacial score (nSPS) is 21.1. The molecule has 1 aliphatic carbocycles. The van der Waals surface area contributed by atoms with Crippen molar-refractivity contribution in [2.75, 3.05) is 19.2 Å². The van der Waals surface area contributed by atoms with Crippen molar-refractivity contribution < 1.29 is 24.0 Å². The van der Waals surface area contributed by atoms with Crippen LogP contribution in [0.4, 0.5) is 5.69 Å². The zero-order chi connectivity index (χ0) is 20.3. The molecule has 0 fully saturated rings. The summed E-state index contributed by atoms with van der Waals surface area (Å²) in [6.07, 6.45) is 0.537. The average Bonchev–Trinajstić information content (AvgIpc) is 3.28. The van der Waals surface area contributed by atoms with Gasteiger partial charge in [-0.15, -0.1) is 11.6 Å². The Morgan fingerprint density at radius 2 is 1.86 bits per heavy atom. The van der Waals surface area contributed by atoms with Gasteiger partial charge < -0.3 is 14.4 Å². The number of nitrogens with zero attached hydrogens (tertiary/aromatic N) is 2. The van der Waals surface area contributed by atoms with Crippen LogP contribution in [-0.4, -0.2) is 40.7 Å². The maximum Gasteiger partial charge on any atom is 0.270 e. The van der Waals surface area contributed by atoms with E-state index in [4.69, 9.17) is 21.1 Å². The molecule has 148 valence electrons. The summed E-state index contributed by atoms with van der Waals surface area (Å²) in [4.78, 5) is 38.9. The van der Waals surface area contributed by atoms with Crippen molar-refractivity contribution in [3.8, 4) is 11.5 Å². The molecule has 2 aliphatic heterocycles. The summed E-state index contributed by atoms with van der Waals surface area (Å²) in [5.74, 6) is 0.284. The van der Waals surface area contributed by atoms with Crippen LogP contribution in [0.15, 0.2) is 30.3 Å². The second-order valence-electron chi connectivity index (χ2n) is 7.15. The fraction of sp³-hybridized carbons (Fsp3) is 0.300. The zero-order valence-electron chi connectivity index (χ0n) is 15.1. The van der Waals surface area contributed by atoms with E-state index in [1.165, 1.54) is 18.2 Å². The minimum atomic E-state index is -0.628. The van der Waals surface area contributed by atoms with Gasteiger partial charge in [0, 0.05) is 30.1 Å². The number of halogens is 1. The van der Waals surface area contributed by atoms with E-state index < -0.39 is 16.9 Å². The number of fused-ring (bicyclic) bond motifs is 6. The van der Waals surface area contributed by atoms with E-state index >= 15 is 0 Å². The lowest BCUT2D eigenvalue weighted by molar-refractivity contribution is -0.384. The third kappa shape index (κ3) is 2.52. The number of rotatable bonds is 4. The molecule has 0 N–H and O–H groups in total. The molecule has 29 heavy (non-hydrogen) atoms. The molecule has 2 heterocycles. The lowest BCUT2D eigenvalue weighted by Gasteiger charge is -2.38. The molecule has 0 unspecified atom stereocenters. The number of carbonyl (C=O) groups is 2. The standard InChI is InChI=1S/C20H15ClN2O6/c21-4-1-5-22-18-12-7-15-16(29-9-28-15)8-13(12)19(24)17(18)11-3-2-10(23(26)27)6-14(11)20(22)25/h2-3,6-8,17-18H,1,4-5,9H2/t17-,18-/m1/s1. The number of alkyl halides is 1. The number of carbonyl (C=O) groups excluding carboxylic acids is 2. The number of hydrogen-bond donors (Lipinski definition) is 0. The van der Waals surface area contributed by atoms with Gasteiger partial charge in [0.25, 0.3) is 11.6 Å². The zero-order valence-corrected chi connectivity index (χ0v) is 15.8. The van der Waals surface area contributed by atoms with Gasteiger partial charge in [-0.25, -0.2) is 0 Å². The lowest BCUT2D eigenvalue weighted by atomic mass is 9.82. The number of Topliss-reactive ketones (excluding diaryl/α,β-unsaturated/α-hetero) is 1. The Balaban J connectivity index is 1.70. The summed E-state index contributed by atoms with van der Waals surface area (Å²) in [6, 6.07) is 7.03. The molecule has 0 saturated heterocycles. The van der Waals surface area contributed by atoms with Crippen LogP contribution in [0.25, 0.3) is 0 Å². The molecular formula is C20H15ClN2O6. The van der Waals surface area contributed by atoms with Crippen molar-refractivity contribution in [2.45, 2.75) is 18.4 Å². The van der Waals surface area contributed by atoms with Crippen molar-refractivity contribution in [1.82, 2.24) is 4.90 Å². The molecule has 0 spiro atoms. The van der Waals surface area contributed by atoms with Crippen molar-refractivity contribution in [3.63, 3.8) is 0 Å². The number of nitro benzene ring substituents is 1. The van der Waals surface area contributed by atoms with Crippen LogP contribution >= 0.6 is 11.6 Å². The number of ketones is 1. The molecule has 9 heteroatoms. The molecule has 0 bridgehead atoms. The third-order valence-corrected chi connectivity index (χ3v) is 5.94. The van der Waals surface area contributed by atoms with E-state index in [1.54, 1.807) is 17.0 Å². The van der Waals surface area contributed by atoms with Gasteiger partial charge in [-0.05, 0) is 29.7 Å². The number of non-ortho nitro benzene ring substituents is 1. The molecular weight excluding hydrogens is 400 g/mol. The van der Waals surface area contributed by atoms with Gasteiger partial charge in [-0.3, -0.25) is 19.7 Å². The highest BCUT2D eigenvalue weighted by Gasteiger charge is 2.50. The summed E-state index contributed by atoms with van der Waals surface area (Å²) in [5.41, 5.74) is 1.71. The highest BCUT2D eigenvalue weighted by molar-refractivity contribution is 6.17. The maximum atomic E-state index is 13.3. The van der Waals surface area contributed by atoms with Crippen LogP contribution in [0.3, 0.4) is 0 Å². The van der Waals surface area contributed by atoms with Gasteiger partial charge in [-0.1, -0.05) is 6.07 Å². The van der Waals surface area contributed by atoms with Gasteiger partial charge in [0.05, 0.1) is 22.4 Å². The number of benzene rings is 2. The quantitative estimate of drug-likeness (QED) is 0.431. The van der Waals surface area contributed by atoms with Gasteiger partial charge in [-0.2, -0.15) is 0 Å². The highest BCUT2D eigenvalue weighted by Crippen LogP contribution is 2.53. The van der Waals surface area contributed by atoms with Gasteiger partial charge in [0.2, 0.25) is 6.79 Å². The Bertz CT molecular complexity index is 1080. The van der Waals surface area contributed by atoms with Crippen molar-refractivity contribution in [2.24, 2.45) is 0 Å². The third-order valence-electron chi connectivity index (χ3n) is 5.67. The average molecular weight is 415 g/mol. The molecule has 0 aromatic heterocycles. The number of nitro groups is 1. The minimum Gasteiger partial charge on any atom is -0.454 e. The maximum absolute atomic E-state index is 13.3. The Kier molecular flexibility index (Phi) is 3.99. The van der Waals surface area contributed by atoms with Gasteiger partial charge in [0.15, 0.2) is 17.3 Å². The Hall–Kier alpha value is -3.13. The Morgan fingerprint density at radius 3 is 2.59 bits per heavy atom. The first kappa shape index (κ1) is 17.9. The first-order valence-corrected chi connectivity index (χ1v) is 9.67. The van der Waals surface area contributed by atoms with E-state index in [9.17, 15) is 19.7 Å². The van der Waals surface area contributed by atoms with Gasteiger partial charge in [0.1, 0.15) is 0 Å². The van der Waals surface area contributed by atoms with E-state index in [0.29, 0.717) is 47.0 Å². The van der Waals surface area contributed by atoms with E-state index in [0.717, 1.165) is 0 Å². The molecule has 8 nitrogen and oxygen atoms in total. The molecule has 1 amide bonds. The molecule has 3 aliphatic rings. The molecule has 0 radical (unpaired) electrons. The molecule has 2 aromatic carbocycles. The monoisotopic (exact) mass is 414 g/mol. The molecule has 0 saturated carbocycles. The lowest BCUT2D eigenvalue weighted by Crippen LogP contribution is -2.42. The SMILES string of the molecule is O=C1c2cc3c(cc2[C@@H]2[C@H]1c1ccc([N+](=O)[O-])cc1C(=O)N2CCCCl)OCO3. The van der Waals surface area contributed by atoms with Crippen LogP contribution in [0.1, 0.15) is 50.2 Å². The number of ether oxygens (including phenoxy) is 2. The Morgan fingerprint density at radius 1 is 1.10 bits per heavy atom. The van der Waals surface area contributed by atoms with E-state index in [-0.39, 0.29) is 29.7 Å². The summed E-state index contributed by atoms with van der Waals surface area (Å²) >= 11 is 5.85. The minimum absolute atomic E-state index is 0.0852. The summed E-state index contributed by atoms with van der Waals surface area (Å²) in [6.45, 7) is 0.425. The predicted octanol–water partition coefficient (Wildman–Crippen LogP) is 3.43. The van der Waals surface area contributed by atoms with Crippen LogP contribution in [0, 0.1) is 10.1 Å². The van der Waals surface area contributed by atoms with E-state index in [1.807, 2.05) is 0 Å². The van der Waals surface area contributed by atoms with Crippen molar-refractivity contribution >= 4 is 29.0 Å². The second-order valence-corrected chi connectivity index (χ2v) is 7.53. The molecule has 5 rings (SSSR count). The topological polar surface area (TPSA) is 99.0 Å².